The SMILES string of the molecule is CC1CC(c2cccc(-n3cc(C4CC4)c4nc[nH]c4c3=O)c2)(c2nncn2C)C1. The molecule has 7 heteroatoms. The second kappa shape index (κ2) is 6.14. The summed E-state index contributed by atoms with van der Waals surface area (Å²) in [6.45, 7) is 2.27. The lowest BCUT2D eigenvalue weighted by atomic mass is 9.58. The van der Waals surface area contributed by atoms with Crippen LogP contribution in [0.5, 0.6) is 0 Å². The molecule has 2 aliphatic rings. The van der Waals surface area contributed by atoms with E-state index in [9.17, 15) is 4.79 Å². The van der Waals surface area contributed by atoms with Crippen LogP contribution in [0, 0.1) is 5.92 Å². The number of fused-ring (bicyclic) bond motifs is 1. The van der Waals surface area contributed by atoms with Crippen molar-refractivity contribution >= 4 is 11.0 Å². The monoisotopic (exact) mass is 400 g/mol. The van der Waals surface area contributed by atoms with E-state index < -0.39 is 0 Å². The van der Waals surface area contributed by atoms with Crippen LogP contribution in [0.3, 0.4) is 0 Å². The van der Waals surface area contributed by atoms with E-state index in [1.165, 1.54) is 5.56 Å². The van der Waals surface area contributed by atoms with Crippen molar-refractivity contribution in [2.45, 2.75) is 43.9 Å². The number of benzene rings is 1. The number of hydrogen-bond donors (Lipinski definition) is 1. The molecule has 30 heavy (non-hydrogen) atoms. The number of aryl methyl sites for hydroxylation is 1. The molecule has 6 rings (SSSR count). The topological polar surface area (TPSA) is 81.4 Å². The average molecular weight is 400 g/mol. The highest BCUT2D eigenvalue weighted by atomic mass is 16.1. The molecule has 0 amide bonds. The Morgan fingerprint density at radius 3 is 2.77 bits per heavy atom. The molecular weight excluding hydrogens is 376 g/mol. The number of aromatic nitrogens is 6. The maximum Gasteiger partial charge on any atom is 0.281 e. The standard InChI is InChI=1S/C23H24N6O/c1-14-9-23(10-14,22-27-26-13-28(22)2)16-4-3-5-17(8-16)29-11-18(15-6-7-15)19-20(21(29)30)25-12-24-19/h3-5,8,11-15H,6-7,9-10H2,1-2H3,(H,24,25). The van der Waals surface area contributed by atoms with Gasteiger partial charge in [-0.05, 0) is 60.8 Å². The van der Waals surface area contributed by atoms with Gasteiger partial charge >= 0.3 is 0 Å². The Morgan fingerprint density at radius 1 is 1.23 bits per heavy atom. The molecule has 0 unspecified atom stereocenters. The third kappa shape index (κ3) is 2.44. The van der Waals surface area contributed by atoms with Crippen LogP contribution in [0.4, 0.5) is 0 Å². The van der Waals surface area contributed by atoms with Gasteiger partial charge in [0.15, 0.2) is 0 Å². The molecule has 2 fully saturated rings. The highest BCUT2D eigenvalue weighted by Gasteiger charge is 2.48. The number of aromatic amines is 1. The van der Waals surface area contributed by atoms with Gasteiger partial charge < -0.3 is 9.55 Å². The van der Waals surface area contributed by atoms with Crippen molar-refractivity contribution in [3.63, 3.8) is 0 Å². The fraction of sp³-hybridized carbons (Fsp3) is 0.391. The lowest BCUT2D eigenvalue weighted by Crippen LogP contribution is -2.43. The first-order valence-electron chi connectivity index (χ1n) is 10.6. The minimum Gasteiger partial charge on any atom is -0.340 e. The first-order valence-corrected chi connectivity index (χ1v) is 10.6. The van der Waals surface area contributed by atoms with Gasteiger partial charge in [-0.3, -0.25) is 9.36 Å². The van der Waals surface area contributed by atoms with Crippen LogP contribution >= 0.6 is 0 Å². The summed E-state index contributed by atoms with van der Waals surface area (Å²) in [4.78, 5) is 20.7. The quantitative estimate of drug-likeness (QED) is 0.569. The molecule has 0 bridgehead atoms. The molecule has 4 aromatic rings. The Morgan fingerprint density at radius 2 is 2.07 bits per heavy atom. The summed E-state index contributed by atoms with van der Waals surface area (Å²) >= 11 is 0. The summed E-state index contributed by atoms with van der Waals surface area (Å²) < 4.78 is 3.80. The van der Waals surface area contributed by atoms with Gasteiger partial charge in [-0.25, -0.2) is 4.98 Å². The molecule has 0 atom stereocenters. The molecule has 3 aromatic heterocycles. The minimum atomic E-state index is -0.151. The van der Waals surface area contributed by atoms with Crippen molar-refractivity contribution in [2.24, 2.45) is 13.0 Å². The average Bonchev–Trinajstić information content (AvgIpc) is 3.27. The van der Waals surface area contributed by atoms with E-state index in [1.54, 1.807) is 17.2 Å². The highest BCUT2D eigenvalue weighted by Crippen LogP contribution is 2.51. The zero-order valence-corrected chi connectivity index (χ0v) is 17.2. The molecular formula is C23H24N6O. The van der Waals surface area contributed by atoms with Crippen molar-refractivity contribution in [1.29, 1.82) is 0 Å². The van der Waals surface area contributed by atoms with Crippen molar-refractivity contribution in [2.75, 3.05) is 0 Å². The lowest BCUT2D eigenvalue weighted by Gasteiger charge is -2.46. The Bertz CT molecular complexity index is 1320. The Labute approximate surface area is 173 Å². The van der Waals surface area contributed by atoms with Crippen LogP contribution in [0.2, 0.25) is 0 Å². The Hall–Kier alpha value is -3.22. The second-order valence-corrected chi connectivity index (χ2v) is 9.07. The number of pyridine rings is 1. The summed E-state index contributed by atoms with van der Waals surface area (Å²) in [5.41, 5.74) is 4.44. The molecule has 0 aliphatic heterocycles. The predicted octanol–water partition coefficient (Wildman–Crippen LogP) is 3.44. The first kappa shape index (κ1) is 17.6. The third-order valence-electron chi connectivity index (χ3n) is 6.84. The number of nitrogens with zero attached hydrogens (tertiary/aromatic N) is 5. The van der Waals surface area contributed by atoms with E-state index in [1.807, 2.05) is 29.9 Å². The lowest BCUT2D eigenvalue weighted by molar-refractivity contribution is 0.185. The molecule has 152 valence electrons. The van der Waals surface area contributed by atoms with Gasteiger partial charge in [-0.15, -0.1) is 10.2 Å². The highest BCUT2D eigenvalue weighted by molar-refractivity contribution is 5.78. The predicted molar refractivity (Wildman–Crippen MR) is 114 cm³/mol. The fourth-order valence-electron chi connectivity index (χ4n) is 5.29. The van der Waals surface area contributed by atoms with Crippen LogP contribution < -0.4 is 5.56 Å². The Kier molecular flexibility index (Phi) is 3.61. The van der Waals surface area contributed by atoms with E-state index in [0.717, 1.165) is 48.3 Å². The van der Waals surface area contributed by atoms with E-state index in [-0.39, 0.29) is 11.0 Å². The minimum absolute atomic E-state index is 0.0567. The zero-order valence-electron chi connectivity index (χ0n) is 17.2. The van der Waals surface area contributed by atoms with Crippen molar-refractivity contribution in [3.8, 4) is 5.69 Å². The largest absolute Gasteiger partial charge is 0.340 e. The number of hydrogen-bond acceptors (Lipinski definition) is 4. The van der Waals surface area contributed by atoms with Crippen molar-refractivity contribution in [3.05, 3.63) is 70.4 Å². The fourth-order valence-corrected chi connectivity index (χ4v) is 5.29. The van der Waals surface area contributed by atoms with Gasteiger partial charge in [-0.1, -0.05) is 19.1 Å². The molecule has 0 spiro atoms. The number of nitrogens with one attached hydrogen (secondary N) is 1. The number of imidazole rings is 1. The summed E-state index contributed by atoms with van der Waals surface area (Å²) in [5.74, 6) is 2.13. The van der Waals surface area contributed by atoms with Crippen molar-refractivity contribution in [1.82, 2.24) is 29.3 Å². The summed E-state index contributed by atoms with van der Waals surface area (Å²) in [6.07, 6.45) is 9.77. The Balaban J connectivity index is 1.52. The molecule has 2 saturated carbocycles. The van der Waals surface area contributed by atoms with Gasteiger partial charge in [-0.2, -0.15) is 0 Å². The molecule has 2 aliphatic carbocycles. The number of H-pyrrole nitrogens is 1. The second-order valence-electron chi connectivity index (χ2n) is 9.07. The van der Waals surface area contributed by atoms with Crippen LogP contribution in [0.25, 0.3) is 16.7 Å². The van der Waals surface area contributed by atoms with Gasteiger partial charge in [0.05, 0.1) is 17.3 Å². The van der Waals surface area contributed by atoms with E-state index in [4.69, 9.17) is 0 Å². The number of rotatable bonds is 4. The molecule has 3 heterocycles. The summed E-state index contributed by atoms with van der Waals surface area (Å²) in [6, 6.07) is 8.37. The van der Waals surface area contributed by atoms with Crippen LogP contribution in [0.1, 0.15) is 55.5 Å². The zero-order chi connectivity index (χ0) is 20.5. The molecule has 0 radical (unpaired) electrons. The van der Waals surface area contributed by atoms with Gasteiger partial charge in [0.25, 0.3) is 5.56 Å². The van der Waals surface area contributed by atoms with Crippen LogP contribution in [-0.2, 0) is 12.5 Å². The first-order chi connectivity index (χ1) is 14.6. The van der Waals surface area contributed by atoms with Gasteiger partial charge in [0.1, 0.15) is 17.7 Å². The van der Waals surface area contributed by atoms with Crippen molar-refractivity contribution < 1.29 is 0 Å². The molecule has 7 nitrogen and oxygen atoms in total. The van der Waals surface area contributed by atoms with Gasteiger partial charge in [0.2, 0.25) is 0 Å². The molecule has 0 saturated heterocycles. The smallest absolute Gasteiger partial charge is 0.281 e. The van der Waals surface area contributed by atoms with E-state index in [0.29, 0.717) is 17.4 Å². The van der Waals surface area contributed by atoms with E-state index in [2.05, 4.69) is 39.2 Å². The molecule has 1 N–H and O–H groups in total. The maximum atomic E-state index is 13.2. The van der Waals surface area contributed by atoms with Crippen LogP contribution in [-0.4, -0.2) is 29.3 Å². The van der Waals surface area contributed by atoms with Gasteiger partial charge in [0, 0.05) is 18.9 Å². The van der Waals surface area contributed by atoms with E-state index >= 15 is 0 Å². The molecule has 1 aromatic carbocycles. The normalized spacial score (nSPS) is 23.6. The maximum absolute atomic E-state index is 13.2. The van der Waals surface area contributed by atoms with Crippen LogP contribution in [0.15, 0.2) is 47.9 Å². The summed E-state index contributed by atoms with van der Waals surface area (Å²) in [5, 5.41) is 8.58. The summed E-state index contributed by atoms with van der Waals surface area (Å²) in [7, 11) is 2.00. The third-order valence-corrected chi connectivity index (χ3v) is 6.84.